The van der Waals surface area contributed by atoms with Gasteiger partial charge in [0.1, 0.15) is 17.6 Å². The molecule has 216 valence electrons. The van der Waals surface area contributed by atoms with Crippen molar-refractivity contribution in [2.75, 3.05) is 19.0 Å². The van der Waals surface area contributed by atoms with Crippen molar-refractivity contribution in [2.24, 2.45) is 0 Å². The van der Waals surface area contributed by atoms with Crippen molar-refractivity contribution < 1.29 is 23.8 Å². The van der Waals surface area contributed by atoms with Gasteiger partial charge in [-0.25, -0.2) is 14.4 Å². The van der Waals surface area contributed by atoms with E-state index >= 15 is 0 Å². The molecule has 2 aromatic carbocycles. The fraction of sp³-hybridized carbons (Fsp3) is 0.400. The Labute approximate surface area is 243 Å². The van der Waals surface area contributed by atoms with E-state index in [4.69, 9.17) is 16.3 Å². The maximum absolute atomic E-state index is 14.0. The molecule has 1 aliphatic heterocycles. The van der Waals surface area contributed by atoms with E-state index in [1.165, 1.54) is 43.4 Å². The molecule has 1 saturated carbocycles. The van der Waals surface area contributed by atoms with Gasteiger partial charge in [-0.2, -0.15) is 0 Å². The van der Waals surface area contributed by atoms with E-state index in [0.717, 1.165) is 18.4 Å². The Kier molecular flexibility index (Phi) is 8.70. The quantitative estimate of drug-likeness (QED) is 0.330. The molecule has 1 aliphatic carbocycles. The monoisotopic (exact) mass is 581 g/mol. The largest absolute Gasteiger partial charge is 0.497 e. The number of carbonyl (C=O) groups is 2. The number of benzene rings is 2. The van der Waals surface area contributed by atoms with Gasteiger partial charge < -0.3 is 25.4 Å². The number of anilines is 1. The molecule has 0 saturated heterocycles. The van der Waals surface area contributed by atoms with E-state index in [2.05, 4.69) is 20.6 Å². The first kappa shape index (κ1) is 28.8. The highest BCUT2D eigenvalue weighted by molar-refractivity contribution is 6.33. The summed E-state index contributed by atoms with van der Waals surface area (Å²) < 4.78 is 19.1. The number of ether oxygens (including phenoxy) is 1. The molecule has 2 amide bonds. The number of aliphatic hydroxyl groups is 1. The van der Waals surface area contributed by atoms with Gasteiger partial charge >= 0.3 is 0 Å². The Balaban J connectivity index is 1.31. The lowest BCUT2D eigenvalue weighted by Crippen LogP contribution is -2.46. The van der Waals surface area contributed by atoms with Gasteiger partial charge in [0.05, 0.1) is 36.7 Å². The first-order valence-electron chi connectivity index (χ1n) is 13.8. The summed E-state index contributed by atoms with van der Waals surface area (Å²) in [6.07, 6.45) is 7.32. The van der Waals surface area contributed by atoms with Crippen LogP contribution in [0.3, 0.4) is 0 Å². The maximum Gasteiger partial charge on any atom is 0.255 e. The number of nitrogens with zero attached hydrogens (tertiary/aromatic N) is 3. The number of nitrogens with one attached hydrogen (secondary N) is 2. The molecule has 2 atom stereocenters. The Morgan fingerprint density at radius 1 is 1.22 bits per heavy atom. The average molecular weight is 582 g/mol. The molecule has 0 radical (unpaired) electrons. The number of halogens is 2. The third-order valence-electron chi connectivity index (χ3n) is 7.78. The first-order valence-corrected chi connectivity index (χ1v) is 14.1. The molecule has 3 N–H and O–H groups in total. The van der Waals surface area contributed by atoms with Crippen molar-refractivity contribution in [3.05, 3.63) is 70.1 Å². The molecule has 2 heterocycles. The highest BCUT2D eigenvalue weighted by Crippen LogP contribution is 2.33. The summed E-state index contributed by atoms with van der Waals surface area (Å²) in [5.74, 6) is -0.567. The van der Waals surface area contributed by atoms with Crippen LogP contribution in [0.2, 0.25) is 5.02 Å². The van der Waals surface area contributed by atoms with Gasteiger partial charge in [-0.05, 0) is 49.1 Å². The smallest absolute Gasteiger partial charge is 0.255 e. The van der Waals surface area contributed by atoms with Crippen LogP contribution in [0.5, 0.6) is 5.75 Å². The van der Waals surface area contributed by atoms with E-state index < -0.39 is 30.4 Å². The molecule has 1 fully saturated rings. The molecule has 41 heavy (non-hydrogen) atoms. The highest BCUT2D eigenvalue weighted by Gasteiger charge is 2.35. The zero-order valence-electron chi connectivity index (χ0n) is 23.0. The normalized spacial score (nSPS) is 16.7. The lowest BCUT2D eigenvalue weighted by molar-refractivity contribution is -0.126. The van der Waals surface area contributed by atoms with Crippen molar-refractivity contribution in [3.63, 3.8) is 0 Å². The van der Waals surface area contributed by atoms with Crippen molar-refractivity contribution in [1.29, 1.82) is 0 Å². The van der Waals surface area contributed by atoms with Gasteiger partial charge in [0.25, 0.3) is 5.91 Å². The number of fused-ring (bicyclic) bond motifs is 1. The number of carbonyl (C=O) groups excluding carboxylic acids is 2. The van der Waals surface area contributed by atoms with E-state index in [1.807, 2.05) is 12.1 Å². The summed E-state index contributed by atoms with van der Waals surface area (Å²) >= 11 is 6.47. The molecule has 9 nitrogen and oxygen atoms in total. The van der Waals surface area contributed by atoms with Gasteiger partial charge in [-0.1, -0.05) is 43.0 Å². The minimum Gasteiger partial charge on any atom is -0.497 e. The second-order valence-corrected chi connectivity index (χ2v) is 10.9. The molecule has 5 rings (SSSR count). The molecule has 2 aliphatic rings. The minimum absolute atomic E-state index is 0.243. The van der Waals surface area contributed by atoms with E-state index in [9.17, 15) is 19.1 Å². The molecule has 0 spiro atoms. The van der Waals surface area contributed by atoms with Crippen molar-refractivity contribution in [2.45, 2.75) is 63.7 Å². The summed E-state index contributed by atoms with van der Waals surface area (Å²) in [6, 6.07) is 8.02. The summed E-state index contributed by atoms with van der Waals surface area (Å²) in [7, 11) is 1.40. The SMILES string of the molecule is COc1cc(F)cc(C(CO)NC(=O)C(C)N2Cc3ccc(-c4nc(NC5CCCCC5)ncc4Cl)cc3C2=O)c1. The Hall–Kier alpha value is -3.76. The van der Waals surface area contributed by atoms with Crippen LogP contribution in [-0.4, -0.2) is 57.6 Å². The Morgan fingerprint density at radius 3 is 2.73 bits per heavy atom. The van der Waals surface area contributed by atoms with E-state index in [1.54, 1.807) is 25.3 Å². The van der Waals surface area contributed by atoms with Gasteiger partial charge in [0.15, 0.2) is 0 Å². The first-order chi connectivity index (χ1) is 19.8. The van der Waals surface area contributed by atoms with E-state index in [-0.39, 0.29) is 18.2 Å². The second-order valence-electron chi connectivity index (χ2n) is 10.5. The summed E-state index contributed by atoms with van der Waals surface area (Å²) in [6.45, 7) is 1.40. The third kappa shape index (κ3) is 6.28. The number of amides is 2. The fourth-order valence-electron chi connectivity index (χ4n) is 5.42. The van der Waals surface area contributed by atoms with Crippen LogP contribution in [0.4, 0.5) is 10.3 Å². The van der Waals surface area contributed by atoms with Crippen LogP contribution in [0.1, 0.15) is 66.6 Å². The lowest BCUT2D eigenvalue weighted by atomic mass is 9.96. The van der Waals surface area contributed by atoms with Crippen LogP contribution in [-0.2, 0) is 11.3 Å². The standard InChI is InChI=1S/C30H33ClFN5O4/c1-17(28(39)35-26(16-38)20-10-21(32)13-23(11-20)41-2)37-15-19-9-8-18(12-24(19)29(37)40)27-25(31)14-33-30(36-27)34-22-6-4-3-5-7-22/h8-14,17,22,26,38H,3-7,15-16H2,1-2H3,(H,35,39)(H,33,34,36). The molecule has 2 unspecified atom stereocenters. The van der Waals surface area contributed by atoms with Crippen LogP contribution >= 0.6 is 11.6 Å². The average Bonchev–Trinajstić information content (AvgIpc) is 3.31. The van der Waals surface area contributed by atoms with E-state index in [0.29, 0.717) is 39.4 Å². The Bertz CT molecular complexity index is 1450. The van der Waals surface area contributed by atoms with Crippen LogP contribution < -0.4 is 15.4 Å². The predicted octanol–water partition coefficient (Wildman–Crippen LogP) is 4.88. The van der Waals surface area contributed by atoms with Crippen molar-refractivity contribution in [1.82, 2.24) is 20.2 Å². The van der Waals surface area contributed by atoms with Gasteiger partial charge in [0.2, 0.25) is 11.9 Å². The summed E-state index contributed by atoms with van der Waals surface area (Å²) in [4.78, 5) is 37.1. The summed E-state index contributed by atoms with van der Waals surface area (Å²) in [5.41, 5.74) is 2.79. The molecule has 0 bridgehead atoms. The number of rotatable bonds is 9. The second kappa shape index (κ2) is 12.4. The lowest BCUT2D eigenvalue weighted by Gasteiger charge is -2.26. The van der Waals surface area contributed by atoms with Crippen LogP contribution in [0.25, 0.3) is 11.3 Å². The van der Waals surface area contributed by atoms with Gasteiger partial charge in [-0.15, -0.1) is 0 Å². The molecular formula is C30H33ClFN5O4. The molecule has 3 aromatic rings. The molecular weight excluding hydrogens is 549 g/mol. The highest BCUT2D eigenvalue weighted by atomic mass is 35.5. The topological polar surface area (TPSA) is 117 Å². The summed E-state index contributed by atoms with van der Waals surface area (Å²) in [5, 5.41) is 16.4. The number of methoxy groups -OCH3 is 1. The predicted molar refractivity (Wildman–Crippen MR) is 153 cm³/mol. The van der Waals surface area contributed by atoms with Crippen molar-refractivity contribution >= 4 is 29.4 Å². The number of aliphatic hydroxyl groups excluding tert-OH is 1. The number of aromatic nitrogens is 2. The van der Waals surface area contributed by atoms with Gasteiger partial charge in [-0.3, -0.25) is 9.59 Å². The zero-order valence-corrected chi connectivity index (χ0v) is 23.7. The molecule has 1 aromatic heterocycles. The van der Waals surface area contributed by atoms with Crippen LogP contribution in [0.15, 0.2) is 42.6 Å². The van der Waals surface area contributed by atoms with Crippen molar-refractivity contribution in [3.8, 4) is 17.0 Å². The number of hydrogen-bond acceptors (Lipinski definition) is 7. The Morgan fingerprint density at radius 2 is 2.00 bits per heavy atom. The van der Waals surface area contributed by atoms with Crippen LogP contribution in [0, 0.1) is 5.82 Å². The molecule has 11 heteroatoms. The fourth-order valence-corrected chi connectivity index (χ4v) is 5.62. The third-order valence-corrected chi connectivity index (χ3v) is 8.05. The zero-order chi connectivity index (χ0) is 29.1. The van der Waals surface area contributed by atoms with Gasteiger partial charge in [0, 0.05) is 29.8 Å². The maximum atomic E-state index is 14.0. The number of hydrogen-bond donors (Lipinski definition) is 3. The minimum atomic E-state index is -0.877.